The Hall–Kier alpha value is -6.98. The zero-order valence-electron chi connectivity index (χ0n) is 31.1. The van der Waals surface area contributed by atoms with E-state index in [4.69, 9.17) is 13.9 Å². The molecule has 5 heteroatoms. The standard InChI is InChI=1S/C51H36BNO3/c1-32(2)38-18-9-11-21-43(38)53(44-22-13-20-40-39-19-10-12-23-45(39)56-51(40)44)37-30-48-50-49(31-37)55-47-29-36(34-16-7-4-8-17-34)25-27-42(47)52(50)41-26-24-35(28-46(41)54-48)33-14-5-3-6-15-33/h3-32H,1-2H3. The second kappa shape index (κ2) is 12.8. The molecule has 3 heterocycles. The molecule has 0 unspecified atom stereocenters. The molecular weight excluding hydrogens is 685 g/mol. The Kier molecular flexibility index (Phi) is 7.43. The summed E-state index contributed by atoms with van der Waals surface area (Å²) < 4.78 is 20.8. The van der Waals surface area contributed by atoms with Crippen LogP contribution >= 0.6 is 0 Å². The summed E-state index contributed by atoms with van der Waals surface area (Å²) >= 11 is 0. The first-order valence-electron chi connectivity index (χ1n) is 19.3. The molecule has 0 fully saturated rings. The lowest BCUT2D eigenvalue weighted by atomic mass is 9.34. The lowest BCUT2D eigenvalue weighted by Crippen LogP contribution is -2.57. The van der Waals surface area contributed by atoms with Crippen molar-refractivity contribution in [3.05, 3.63) is 181 Å². The van der Waals surface area contributed by atoms with E-state index in [2.05, 4.69) is 183 Å². The highest BCUT2D eigenvalue weighted by molar-refractivity contribution is 6.98. The zero-order chi connectivity index (χ0) is 37.3. The smallest absolute Gasteiger partial charge is 0.260 e. The van der Waals surface area contributed by atoms with E-state index in [9.17, 15) is 0 Å². The van der Waals surface area contributed by atoms with Crippen molar-refractivity contribution in [2.24, 2.45) is 0 Å². The zero-order valence-corrected chi connectivity index (χ0v) is 31.1. The van der Waals surface area contributed by atoms with Crippen molar-refractivity contribution in [2.75, 3.05) is 4.90 Å². The van der Waals surface area contributed by atoms with Gasteiger partial charge in [0.25, 0.3) is 6.71 Å². The van der Waals surface area contributed by atoms with Crippen LogP contribution in [0.4, 0.5) is 17.1 Å². The lowest BCUT2D eigenvalue weighted by molar-refractivity contribution is 0.465. The van der Waals surface area contributed by atoms with Crippen LogP contribution in [0.5, 0.6) is 23.0 Å². The van der Waals surface area contributed by atoms with Crippen LogP contribution in [-0.4, -0.2) is 6.71 Å². The van der Waals surface area contributed by atoms with Gasteiger partial charge in [0.2, 0.25) is 0 Å². The number of ether oxygens (including phenoxy) is 2. The van der Waals surface area contributed by atoms with Crippen molar-refractivity contribution in [1.29, 1.82) is 0 Å². The van der Waals surface area contributed by atoms with E-state index in [1.54, 1.807) is 0 Å². The van der Waals surface area contributed by atoms with Crippen molar-refractivity contribution in [2.45, 2.75) is 19.8 Å². The molecule has 0 atom stereocenters. The highest BCUT2D eigenvalue weighted by atomic mass is 16.5. The van der Waals surface area contributed by atoms with Gasteiger partial charge in [-0.1, -0.05) is 147 Å². The molecule has 0 spiro atoms. The Labute approximate surface area is 326 Å². The quantitative estimate of drug-likeness (QED) is 0.160. The van der Waals surface area contributed by atoms with Gasteiger partial charge < -0.3 is 18.8 Å². The summed E-state index contributed by atoms with van der Waals surface area (Å²) in [5.41, 5.74) is 13.6. The number of furan rings is 1. The van der Waals surface area contributed by atoms with E-state index in [0.717, 1.165) is 101 Å². The molecule has 0 saturated heterocycles. The fraction of sp³-hybridized carbons (Fsp3) is 0.0588. The molecule has 11 rings (SSSR count). The number of benzene rings is 8. The Morgan fingerprint density at radius 2 is 1.02 bits per heavy atom. The van der Waals surface area contributed by atoms with Gasteiger partial charge >= 0.3 is 0 Å². The summed E-state index contributed by atoms with van der Waals surface area (Å²) in [6.45, 7) is 4.41. The maximum absolute atomic E-state index is 7.04. The van der Waals surface area contributed by atoms with Gasteiger partial charge in [-0.15, -0.1) is 0 Å². The number of fused-ring (bicyclic) bond motifs is 7. The predicted octanol–water partition coefficient (Wildman–Crippen LogP) is 12.2. The van der Waals surface area contributed by atoms with Gasteiger partial charge in [-0.2, -0.15) is 0 Å². The van der Waals surface area contributed by atoms with Gasteiger partial charge in [0.05, 0.1) is 11.4 Å². The lowest BCUT2D eigenvalue weighted by Gasteiger charge is -2.35. The Morgan fingerprint density at radius 1 is 0.464 bits per heavy atom. The highest BCUT2D eigenvalue weighted by Crippen LogP contribution is 2.47. The molecule has 1 aromatic heterocycles. The Morgan fingerprint density at radius 3 is 1.66 bits per heavy atom. The molecule has 4 nitrogen and oxygen atoms in total. The number of hydrogen-bond donors (Lipinski definition) is 0. The highest BCUT2D eigenvalue weighted by Gasteiger charge is 2.41. The van der Waals surface area contributed by atoms with Crippen molar-refractivity contribution in [3.8, 4) is 45.3 Å². The van der Waals surface area contributed by atoms with Crippen molar-refractivity contribution in [1.82, 2.24) is 0 Å². The molecule has 56 heavy (non-hydrogen) atoms. The third kappa shape index (κ3) is 5.15. The largest absolute Gasteiger partial charge is 0.458 e. The monoisotopic (exact) mass is 721 g/mol. The summed E-state index contributed by atoms with van der Waals surface area (Å²) in [4.78, 5) is 2.32. The Balaban J connectivity index is 1.16. The van der Waals surface area contributed by atoms with Gasteiger partial charge in [0.15, 0.2) is 5.58 Å². The second-order valence-corrected chi connectivity index (χ2v) is 15.0. The summed E-state index contributed by atoms with van der Waals surface area (Å²) in [6, 6.07) is 62.0. The number of anilines is 3. The maximum atomic E-state index is 7.04. The molecule has 8 aromatic carbocycles. The van der Waals surface area contributed by atoms with Crippen molar-refractivity contribution < 1.29 is 13.9 Å². The minimum atomic E-state index is -0.0774. The van der Waals surface area contributed by atoms with Gasteiger partial charge in [0, 0.05) is 34.1 Å². The van der Waals surface area contributed by atoms with Crippen LogP contribution in [-0.2, 0) is 0 Å². The molecule has 0 amide bonds. The fourth-order valence-electron chi connectivity index (χ4n) is 8.72. The number of rotatable bonds is 6. The predicted molar refractivity (Wildman–Crippen MR) is 231 cm³/mol. The summed E-state index contributed by atoms with van der Waals surface area (Å²) in [6.07, 6.45) is 0. The number of nitrogens with zero attached hydrogens (tertiary/aromatic N) is 1. The van der Waals surface area contributed by atoms with Crippen LogP contribution in [0.2, 0.25) is 0 Å². The summed E-state index contributed by atoms with van der Waals surface area (Å²) in [5.74, 6) is 3.52. The fourth-order valence-corrected chi connectivity index (χ4v) is 8.72. The first-order chi connectivity index (χ1) is 27.6. The van der Waals surface area contributed by atoms with Gasteiger partial charge in [0.1, 0.15) is 28.6 Å². The normalized spacial score (nSPS) is 12.5. The first-order valence-corrected chi connectivity index (χ1v) is 19.3. The van der Waals surface area contributed by atoms with Gasteiger partial charge in [-0.25, -0.2) is 0 Å². The third-order valence-corrected chi connectivity index (χ3v) is 11.4. The summed E-state index contributed by atoms with van der Waals surface area (Å²) in [5, 5.41) is 2.16. The molecule has 0 saturated carbocycles. The van der Waals surface area contributed by atoms with Crippen molar-refractivity contribution in [3.63, 3.8) is 0 Å². The second-order valence-electron chi connectivity index (χ2n) is 15.0. The molecule has 0 aliphatic carbocycles. The minimum Gasteiger partial charge on any atom is -0.458 e. The van der Waals surface area contributed by atoms with E-state index in [0.29, 0.717) is 0 Å². The average molecular weight is 722 g/mol. The topological polar surface area (TPSA) is 34.8 Å². The van der Waals surface area contributed by atoms with Crippen LogP contribution in [0, 0.1) is 0 Å². The number of para-hydroxylation sites is 3. The van der Waals surface area contributed by atoms with E-state index >= 15 is 0 Å². The minimum absolute atomic E-state index is 0.0774. The van der Waals surface area contributed by atoms with Crippen LogP contribution in [0.15, 0.2) is 180 Å². The SMILES string of the molecule is CC(C)c1ccccc1N(c1cc2c3c(c1)Oc1cc(-c4ccccc4)ccc1B3c1ccc(-c3ccccc3)cc1O2)c1cccc2c1oc1ccccc12. The van der Waals surface area contributed by atoms with E-state index in [-0.39, 0.29) is 12.6 Å². The summed E-state index contributed by atoms with van der Waals surface area (Å²) in [7, 11) is 0. The Bertz CT molecular complexity index is 2860. The van der Waals surface area contributed by atoms with Crippen LogP contribution in [0.1, 0.15) is 25.3 Å². The van der Waals surface area contributed by atoms with Crippen LogP contribution < -0.4 is 30.8 Å². The average Bonchev–Trinajstić information content (AvgIpc) is 3.63. The van der Waals surface area contributed by atoms with Gasteiger partial charge in [-0.3, -0.25) is 0 Å². The molecule has 0 radical (unpaired) electrons. The molecule has 0 N–H and O–H groups in total. The number of hydrogen-bond acceptors (Lipinski definition) is 4. The van der Waals surface area contributed by atoms with Crippen molar-refractivity contribution >= 4 is 62.1 Å². The van der Waals surface area contributed by atoms with Crippen LogP contribution in [0.3, 0.4) is 0 Å². The van der Waals surface area contributed by atoms with Gasteiger partial charge in [-0.05, 0) is 75.0 Å². The van der Waals surface area contributed by atoms with Crippen LogP contribution in [0.25, 0.3) is 44.2 Å². The molecule has 9 aromatic rings. The third-order valence-electron chi connectivity index (χ3n) is 11.4. The first kappa shape index (κ1) is 32.5. The molecule has 0 bridgehead atoms. The molecule has 2 aliphatic heterocycles. The van der Waals surface area contributed by atoms with E-state index in [1.165, 1.54) is 5.56 Å². The van der Waals surface area contributed by atoms with E-state index in [1.807, 2.05) is 12.1 Å². The maximum Gasteiger partial charge on any atom is 0.260 e. The molecule has 2 aliphatic rings. The van der Waals surface area contributed by atoms with E-state index < -0.39 is 0 Å². The molecule has 266 valence electrons. The molecular formula is C51H36BNO3.